The molecule has 3 heteroatoms. The lowest BCUT2D eigenvalue weighted by Crippen LogP contribution is -2.28. The third-order valence-electron chi connectivity index (χ3n) is 2.79. The second-order valence-corrected chi connectivity index (χ2v) is 5.75. The zero-order valence-corrected chi connectivity index (χ0v) is 9.30. The maximum Gasteiger partial charge on any atom is 0.0564 e. The summed E-state index contributed by atoms with van der Waals surface area (Å²) < 4.78 is 12.0. The molecule has 0 radical (unpaired) electrons. The van der Waals surface area contributed by atoms with Crippen LogP contribution in [0.25, 0.3) is 0 Å². The van der Waals surface area contributed by atoms with Crippen LogP contribution in [-0.4, -0.2) is 9.46 Å². The highest BCUT2D eigenvalue weighted by molar-refractivity contribution is 7.85. The molecule has 0 saturated carbocycles. The van der Waals surface area contributed by atoms with Gasteiger partial charge < -0.3 is 5.73 Å². The van der Waals surface area contributed by atoms with Gasteiger partial charge in [-0.1, -0.05) is 25.1 Å². The van der Waals surface area contributed by atoms with Crippen molar-refractivity contribution in [1.29, 1.82) is 0 Å². The van der Waals surface area contributed by atoms with Crippen molar-refractivity contribution in [2.24, 2.45) is 5.73 Å². The normalized spacial score (nSPS) is 31.2. The van der Waals surface area contributed by atoms with Crippen molar-refractivity contribution in [2.45, 2.75) is 36.5 Å². The monoisotopic (exact) mass is 209 g/mol. The van der Waals surface area contributed by atoms with Gasteiger partial charge in [0.05, 0.1) is 10.8 Å². The molecule has 2 rings (SSSR count). The van der Waals surface area contributed by atoms with Crippen molar-refractivity contribution in [1.82, 2.24) is 0 Å². The summed E-state index contributed by atoms with van der Waals surface area (Å²) in [6.07, 6.45) is 0.822. The Hall–Kier alpha value is -0.670. The standard InChI is InChI=1S/C11H15NOS/c1-7-4-3-5-9-10(12)6-8(2)14(13)11(7)9/h3-5,8,10H,6,12H2,1-2H3. The van der Waals surface area contributed by atoms with Crippen LogP contribution in [0.15, 0.2) is 23.1 Å². The van der Waals surface area contributed by atoms with E-state index in [2.05, 4.69) is 0 Å². The summed E-state index contributed by atoms with van der Waals surface area (Å²) in [4.78, 5) is 0.971. The van der Waals surface area contributed by atoms with E-state index >= 15 is 0 Å². The lowest BCUT2D eigenvalue weighted by atomic mass is 10.0. The Kier molecular flexibility index (Phi) is 2.45. The van der Waals surface area contributed by atoms with E-state index in [1.54, 1.807) is 0 Å². The average Bonchev–Trinajstić information content (AvgIpc) is 2.14. The van der Waals surface area contributed by atoms with Crippen molar-refractivity contribution in [3.63, 3.8) is 0 Å². The Labute approximate surface area is 87.0 Å². The van der Waals surface area contributed by atoms with E-state index in [-0.39, 0.29) is 11.3 Å². The molecule has 14 heavy (non-hydrogen) atoms. The fourth-order valence-corrected chi connectivity index (χ4v) is 3.64. The molecule has 0 aromatic heterocycles. The summed E-state index contributed by atoms with van der Waals surface area (Å²) in [5, 5.41) is 0.179. The molecule has 1 aromatic rings. The zero-order valence-electron chi connectivity index (χ0n) is 8.49. The minimum atomic E-state index is -0.872. The van der Waals surface area contributed by atoms with Crippen LogP contribution in [0.5, 0.6) is 0 Å². The van der Waals surface area contributed by atoms with E-state index in [0.29, 0.717) is 0 Å². The molecule has 2 N–H and O–H groups in total. The van der Waals surface area contributed by atoms with E-state index in [9.17, 15) is 4.21 Å². The summed E-state index contributed by atoms with van der Waals surface area (Å²) in [6, 6.07) is 6.04. The van der Waals surface area contributed by atoms with Crippen molar-refractivity contribution in [3.8, 4) is 0 Å². The van der Waals surface area contributed by atoms with Gasteiger partial charge in [0.15, 0.2) is 0 Å². The van der Waals surface area contributed by atoms with Crippen molar-refractivity contribution in [3.05, 3.63) is 29.3 Å². The van der Waals surface area contributed by atoms with Gasteiger partial charge in [0.2, 0.25) is 0 Å². The van der Waals surface area contributed by atoms with E-state index < -0.39 is 10.8 Å². The molecule has 1 aliphatic heterocycles. The van der Waals surface area contributed by atoms with Gasteiger partial charge in [-0.25, -0.2) is 0 Å². The van der Waals surface area contributed by atoms with Gasteiger partial charge in [0.25, 0.3) is 0 Å². The number of hydrogen-bond acceptors (Lipinski definition) is 2. The molecule has 1 aromatic carbocycles. The molecule has 76 valence electrons. The van der Waals surface area contributed by atoms with E-state index in [1.165, 1.54) is 0 Å². The third-order valence-corrected chi connectivity index (χ3v) is 4.68. The molecule has 2 nitrogen and oxygen atoms in total. The van der Waals surface area contributed by atoms with Gasteiger partial charge in [-0.2, -0.15) is 0 Å². The van der Waals surface area contributed by atoms with Crippen LogP contribution < -0.4 is 5.73 Å². The largest absolute Gasteiger partial charge is 0.324 e. The predicted octanol–water partition coefficient (Wildman–Crippen LogP) is 1.89. The third kappa shape index (κ3) is 1.41. The van der Waals surface area contributed by atoms with Crippen LogP contribution in [0.2, 0.25) is 0 Å². The highest BCUT2D eigenvalue weighted by atomic mass is 32.2. The molecule has 0 aliphatic carbocycles. The Morgan fingerprint density at radius 3 is 2.93 bits per heavy atom. The lowest BCUT2D eigenvalue weighted by Gasteiger charge is -2.27. The molecule has 0 bridgehead atoms. The Morgan fingerprint density at radius 2 is 2.21 bits per heavy atom. The number of fused-ring (bicyclic) bond motifs is 1. The highest BCUT2D eigenvalue weighted by Crippen LogP contribution is 2.33. The van der Waals surface area contributed by atoms with Gasteiger partial charge in [-0.05, 0) is 24.5 Å². The predicted molar refractivity (Wildman–Crippen MR) is 58.6 cm³/mol. The first kappa shape index (κ1) is 9.87. The Balaban J connectivity index is 2.62. The molecule has 0 amide bonds. The molecule has 3 unspecified atom stereocenters. The molecule has 3 atom stereocenters. The summed E-state index contributed by atoms with van der Waals surface area (Å²) >= 11 is 0. The molecular weight excluding hydrogens is 194 g/mol. The average molecular weight is 209 g/mol. The molecule has 0 spiro atoms. The number of nitrogens with two attached hydrogens (primary N) is 1. The number of benzene rings is 1. The number of aryl methyl sites for hydroxylation is 1. The number of hydrogen-bond donors (Lipinski definition) is 1. The number of rotatable bonds is 0. The van der Waals surface area contributed by atoms with E-state index in [4.69, 9.17) is 5.73 Å². The van der Waals surface area contributed by atoms with Gasteiger partial charge in [-0.3, -0.25) is 4.21 Å². The van der Waals surface area contributed by atoms with Crippen LogP contribution in [0.4, 0.5) is 0 Å². The molecule has 1 heterocycles. The molecular formula is C11H15NOS. The summed E-state index contributed by atoms with van der Waals surface area (Å²) in [5.41, 5.74) is 8.20. The zero-order chi connectivity index (χ0) is 10.3. The smallest absolute Gasteiger partial charge is 0.0564 e. The van der Waals surface area contributed by atoms with Gasteiger partial charge in [0, 0.05) is 16.2 Å². The molecule has 0 fully saturated rings. The van der Waals surface area contributed by atoms with Gasteiger partial charge in [-0.15, -0.1) is 0 Å². The van der Waals surface area contributed by atoms with Crippen molar-refractivity contribution >= 4 is 10.8 Å². The first-order chi connectivity index (χ1) is 6.61. The fraction of sp³-hybridized carbons (Fsp3) is 0.455. The van der Waals surface area contributed by atoms with E-state index in [0.717, 1.165) is 22.4 Å². The van der Waals surface area contributed by atoms with Crippen LogP contribution in [-0.2, 0) is 10.8 Å². The molecule has 1 aliphatic rings. The minimum Gasteiger partial charge on any atom is -0.324 e. The molecule has 0 saturated heterocycles. The van der Waals surface area contributed by atoms with Crippen LogP contribution >= 0.6 is 0 Å². The first-order valence-electron chi connectivity index (χ1n) is 4.87. The van der Waals surface area contributed by atoms with Crippen molar-refractivity contribution in [2.75, 3.05) is 0 Å². The second-order valence-electron chi connectivity index (χ2n) is 3.94. The Morgan fingerprint density at radius 1 is 1.50 bits per heavy atom. The van der Waals surface area contributed by atoms with E-state index in [1.807, 2.05) is 32.0 Å². The fourth-order valence-electron chi connectivity index (χ4n) is 2.02. The van der Waals surface area contributed by atoms with Crippen molar-refractivity contribution < 1.29 is 4.21 Å². The first-order valence-corrected chi connectivity index (χ1v) is 6.08. The maximum atomic E-state index is 12.0. The second kappa shape index (κ2) is 3.48. The van der Waals surface area contributed by atoms with Gasteiger partial charge in [0.1, 0.15) is 0 Å². The SMILES string of the molecule is Cc1cccc2c1S(=O)C(C)CC2N. The topological polar surface area (TPSA) is 43.1 Å². The summed E-state index contributed by atoms with van der Waals surface area (Å²) in [7, 11) is -0.872. The summed E-state index contributed by atoms with van der Waals surface area (Å²) in [6.45, 7) is 4.01. The quantitative estimate of drug-likeness (QED) is 0.709. The lowest BCUT2D eigenvalue weighted by molar-refractivity contribution is 0.590. The Bertz CT molecular complexity index is 389. The summed E-state index contributed by atoms with van der Waals surface area (Å²) in [5.74, 6) is 0. The highest BCUT2D eigenvalue weighted by Gasteiger charge is 2.28. The van der Waals surface area contributed by atoms with Crippen LogP contribution in [0.1, 0.15) is 30.5 Å². The van der Waals surface area contributed by atoms with Crippen LogP contribution in [0, 0.1) is 6.92 Å². The minimum absolute atomic E-state index is 0.0533. The van der Waals surface area contributed by atoms with Crippen LogP contribution in [0.3, 0.4) is 0 Å². The maximum absolute atomic E-state index is 12.0. The van der Waals surface area contributed by atoms with Gasteiger partial charge >= 0.3 is 0 Å².